The molecule has 2 aromatic heterocycles. The zero-order chi connectivity index (χ0) is 13.7. The Kier molecular flexibility index (Phi) is 2.44. The molecule has 2 heterocycles. The van der Waals surface area contributed by atoms with Gasteiger partial charge in [-0.15, -0.1) is 11.3 Å². The van der Waals surface area contributed by atoms with Gasteiger partial charge in [0.05, 0.1) is 10.2 Å². The predicted molar refractivity (Wildman–Crippen MR) is 84.3 cm³/mol. The third-order valence-corrected chi connectivity index (χ3v) is 4.78. The van der Waals surface area contributed by atoms with Crippen LogP contribution >= 0.6 is 11.3 Å². The quantitative estimate of drug-likeness (QED) is 0.471. The lowest BCUT2D eigenvalue weighted by atomic mass is 10.1. The number of aromatic nitrogens is 1. The first-order chi connectivity index (χ1) is 9.72. The van der Waals surface area contributed by atoms with Crippen LogP contribution in [-0.4, -0.2) is 4.98 Å². The summed E-state index contributed by atoms with van der Waals surface area (Å²) in [6.07, 6.45) is 0. The van der Waals surface area contributed by atoms with Crippen LogP contribution in [-0.2, 0) is 0 Å². The van der Waals surface area contributed by atoms with Gasteiger partial charge in [0.2, 0.25) is 0 Å². The van der Waals surface area contributed by atoms with E-state index < -0.39 is 0 Å². The lowest BCUT2D eigenvalue weighted by molar-refractivity contribution is 0.631. The summed E-state index contributed by atoms with van der Waals surface area (Å²) in [5.74, 6) is 0.853. The van der Waals surface area contributed by atoms with Gasteiger partial charge in [0.1, 0.15) is 5.58 Å². The molecule has 0 atom stereocenters. The molecule has 0 aliphatic rings. The average Bonchev–Trinajstić information content (AvgIpc) is 3.06. The van der Waals surface area contributed by atoms with Crippen LogP contribution in [0.1, 0.15) is 11.1 Å². The van der Waals surface area contributed by atoms with E-state index in [0.717, 1.165) is 27.3 Å². The number of rotatable bonds is 1. The first-order valence-electron chi connectivity index (χ1n) is 6.58. The summed E-state index contributed by atoms with van der Waals surface area (Å²) in [6.45, 7) is 4.23. The van der Waals surface area contributed by atoms with Crippen molar-refractivity contribution in [1.82, 2.24) is 4.98 Å². The number of fused-ring (bicyclic) bond motifs is 2. The molecule has 0 saturated heterocycles. The average molecular weight is 279 g/mol. The van der Waals surface area contributed by atoms with Gasteiger partial charge in [-0.05, 0) is 37.1 Å². The topological polar surface area (TPSA) is 26.0 Å². The zero-order valence-corrected chi connectivity index (χ0v) is 12.1. The second kappa shape index (κ2) is 4.18. The molecule has 0 saturated carbocycles. The minimum Gasteiger partial charge on any atom is -0.454 e. The number of nitrogens with zero attached hydrogens (tertiary/aromatic N) is 1. The van der Waals surface area contributed by atoms with Gasteiger partial charge in [-0.2, -0.15) is 0 Å². The lowest BCUT2D eigenvalue weighted by Crippen LogP contribution is -1.78. The van der Waals surface area contributed by atoms with Crippen LogP contribution in [0.3, 0.4) is 0 Å². The first kappa shape index (κ1) is 11.7. The Balaban J connectivity index is 1.98. The summed E-state index contributed by atoms with van der Waals surface area (Å²) in [7, 11) is 0. The van der Waals surface area contributed by atoms with Gasteiger partial charge < -0.3 is 4.42 Å². The molecule has 20 heavy (non-hydrogen) atoms. The van der Waals surface area contributed by atoms with Crippen molar-refractivity contribution in [3.8, 4) is 10.8 Å². The van der Waals surface area contributed by atoms with Gasteiger partial charge in [-0.25, -0.2) is 4.98 Å². The van der Waals surface area contributed by atoms with Crippen LogP contribution < -0.4 is 0 Å². The summed E-state index contributed by atoms with van der Waals surface area (Å²) in [6, 6.07) is 14.4. The minimum atomic E-state index is 0.853. The summed E-state index contributed by atoms with van der Waals surface area (Å²) in [5, 5.41) is 2.07. The summed E-state index contributed by atoms with van der Waals surface area (Å²) >= 11 is 1.70. The van der Waals surface area contributed by atoms with Gasteiger partial charge in [0.15, 0.2) is 10.8 Å². The summed E-state index contributed by atoms with van der Waals surface area (Å²) in [4.78, 5) is 4.76. The Morgan fingerprint density at radius 1 is 1.00 bits per heavy atom. The number of furan rings is 1. The molecular weight excluding hydrogens is 266 g/mol. The Bertz CT molecular complexity index is 861. The Morgan fingerprint density at radius 3 is 2.60 bits per heavy atom. The van der Waals surface area contributed by atoms with Crippen LogP contribution in [0.25, 0.3) is 32.0 Å². The number of hydrogen-bond acceptors (Lipinski definition) is 3. The van der Waals surface area contributed by atoms with Crippen LogP contribution in [0.5, 0.6) is 0 Å². The zero-order valence-electron chi connectivity index (χ0n) is 11.3. The van der Waals surface area contributed by atoms with Crippen LogP contribution in [0.15, 0.2) is 46.9 Å². The molecule has 98 valence electrons. The highest BCUT2D eigenvalue weighted by molar-refractivity contribution is 7.21. The lowest BCUT2D eigenvalue weighted by Gasteiger charge is -1.96. The van der Waals surface area contributed by atoms with Crippen molar-refractivity contribution in [2.45, 2.75) is 13.8 Å². The fraction of sp³-hybridized carbons (Fsp3) is 0.118. The monoisotopic (exact) mass is 279 g/mol. The SMILES string of the molecule is Cc1ccc(C)c2sc(-c3cc4ccccc4o3)nc12. The van der Waals surface area contributed by atoms with Crippen LogP contribution in [0, 0.1) is 13.8 Å². The Morgan fingerprint density at radius 2 is 1.80 bits per heavy atom. The van der Waals surface area contributed by atoms with E-state index >= 15 is 0 Å². The molecule has 0 aliphatic carbocycles. The standard InChI is InChI=1S/C17H13NOS/c1-10-7-8-11(2)16-15(10)18-17(20-16)14-9-12-5-3-4-6-13(12)19-14/h3-9H,1-2H3. The molecule has 4 aromatic rings. The van der Waals surface area contributed by atoms with Gasteiger partial charge in [0.25, 0.3) is 0 Å². The smallest absolute Gasteiger partial charge is 0.164 e. The van der Waals surface area contributed by atoms with E-state index in [9.17, 15) is 0 Å². The molecule has 0 spiro atoms. The van der Waals surface area contributed by atoms with Crippen molar-refractivity contribution in [3.05, 3.63) is 53.6 Å². The number of thiazole rings is 1. The van der Waals surface area contributed by atoms with E-state index in [2.05, 4.69) is 38.1 Å². The molecule has 3 heteroatoms. The van der Waals surface area contributed by atoms with E-state index in [1.54, 1.807) is 11.3 Å². The molecule has 0 fully saturated rings. The fourth-order valence-corrected chi connectivity index (χ4v) is 3.52. The number of benzene rings is 2. The van der Waals surface area contributed by atoms with E-state index in [-0.39, 0.29) is 0 Å². The molecule has 0 unspecified atom stereocenters. The Labute approximate surface area is 120 Å². The Hall–Kier alpha value is -2.13. The third kappa shape index (κ3) is 1.67. The highest BCUT2D eigenvalue weighted by Crippen LogP contribution is 2.36. The molecule has 2 nitrogen and oxygen atoms in total. The van der Waals surface area contributed by atoms with E-state index in [1.165, 1.54) is 15.8 Å². The normalized spacial score (nSPS) is 11.5. The highest BCUT2D eigenvalue weighted by Gasteiger charge is 2.13. The molecule has 0 N–H and O–H groups in total. The molecule has 0 aliphatic heterocycles. The molecule has 4 rings (SSSR count). The largest absolute Gasteiger partial charge is 0.454 e. The second-order valence-electron chi connectivity index (χ2n) is 5.04. The number of hydrogen-bond donors (Lipinski definition) is 0. The van der Waals surface area contributed by atoms with E-state index in [4.69, 9.17) is 9.40 Å². The van der Waals surface area contributed by atoms with Gasteiger partial charge in [-0.3, -0.25) is 0 Å². The molecular formula is C17H13NOS. The van der Waals surface area contributed by atoms with Crippen LogP contribution in [0.2, 0.25) is 0 Å². The summed E-state index contributed by atoms with van der Waals surface area (Å²) < 4.78 is 7.16. The van der Waals surface area contributed by atoms with Crippen molar-refractivity contribution in [1.29, 1.82) is 0 Å². The maximum absolute atomic E-state index is 5.91. The maximum atomic E-state index is 5.91. The summed E-state index contributed by atoms with van der Waals surface area (Å²) in [5.41, 5.74) is 4.48. The molecule has 0 bridgehead atoms. The van der Waals surface area contributed by atoms with E-state index in [1.807, 2.05) is 18.2 Å². The predicted octanol–water partition coefficient (Wildman–Crippen LogP) is 5.33. The van der Waals surface area contributed by atoms with Gasteiger partial charge in [0, 0.05) is 5.39 Å². The van der Waals surface area contributed by atoms with Crippen molar-refractivity contribution >= 4 is 32.5 Å². The van der Waals surface area contributed by atoms with Gasteiger partial charge >= 0.3 is 0 Å². The second-order valence-corrected chi connectivity index (χ2v) is 6.04. The minimum absolute atomic E-state index is 0.853. The van der Waals surface area contributed by atoms with Crippen molar-refractivity contribution in [2.24, 2.45) is 0 Å². The van der Waals surface area contributed by atoms with Crippen molar-refractivity contribution in [2.75, 3.05) is 0 Å². The van der Waals surface area contributed by atoms with Crippen LogP contribution in [0.4, 0.5) is 0 Å². The highest BCUT2D eigenvalue weighted by atomic mass is 32.1. The fourth-order valence-electron chi connectivity index (χ4n) is 2.45. The molecule has 0 radical (unpaired) electrons. The maximum Gasteiger partial charge on any atom is 0.164 e. The number of para-hydroxylation sites is 1. The van der Waals surface area contributed by atoms with Gasteiger partial charge in [-0.1, -0.05) is 30.3 Å². The number of aryl methyl sites for hydroxylation is 2. The molecule has 2 aromatic carbocycles. The van der Waals surface area contributed by atoms with E-state index in [0.29, 0.717) is 0 Å². The molecule has 0 amide bonds. The van der Waals surface area contributed by atoms with Crippen molar-refractivity contribution in [3.63, 3.8) is 0 Å². The third-order valence-electron chi connectivity index (χ3n) is 3.58. The van der Waals surface area contributed by atoms with Crippen molar-refractivity contribution < 1.29 is 4.42 Å². The first-order valence-corrected chi connectivity index (χ1v) is 7.40.